The van der Waals surface area contributed by atoms with E-state index in [2.05, 4.69) is 15.5 Å². The van der Waals surface area contributed by atoms with Crippen LogP contribution in [-0.2, 0) is 9.59 Å². The Balaban J connectivity index is 1.47. The van der Waals surface area contributed by atoms with E-state index in [9.17, 15) is 14.4 Å². The highest BCUT2D eigenvalue weighted by Gasteiger charge is 2.41. The topological polar surface area (TPSA) is 91.0 Å². The number of hydrogen-bond donors (Lipinski definition) is 2. The molecule has 0 radical (unpaired) electrons. The molecule has 2 aliphatic rings. The van der Waals surface area contributed by atoms with Gasteiger partial charge in [-0.25, -0.2) is 0 Å². The number of piperidine rings is 1. The lowest BCUT2D eigenvalue weighted by molar-refractivity contribution is -0.135. The molecule has 202 valence electrons. The molecule has 0 aliphatic carbocycles. The number of para-hydroxylation sites is 1. The molecule has 1 fully saturated rings. The van der Waals surface area contributed by atoms with Crippen LogP contribution >= 0.6 is 0 Å². The second-order valence-corrected chi connectivity index (χ2v) is 10.1. The van der Waals surface area contributed by atoms with Crippen molar-refractivity contribution in [2.75, 3.05) is 50.8 Å². The van der Waals surface area contributed by atoms with E-state index in [1.54, 1.807) is 23.1 Å². The molecule has 1 spiro atoms. The third-order valence-electron chi connectivity index (χ3n) is 7.27. The number of nitrogens with one attached hydrogen (secondary N) is 2. The van der Waals surface area contributed by atoms with Crippen LogP contribution in [0, 0.1) is 12.3 Å². The third kappa shape index (κ3) is 6.61. The number of benzene rings is 2. The summed E-state index contributed by atoms with van der Waals surface area (Å²) in [6.07, 6.45) is 6.00. The maximum atomic E-state index is 13.5. The number of likely N-dealkylation sites (tertiary alicyclic amines) is 1. The Kier molecular flexibility index (Phi) is 9.18. The van der Waals surface area contributed by atoms with E-state index >= 15 is 0 Å². The van der Waals surface area contributed by atoms with Gasteiger partial charge in [0.2, 0.25) is 11.8 Å². The van der Waals surface area contributed by atoms with E-state index < -0.39 is 5.41 Å². The number of hydrogen-bond acceptors (Lipinski definition) is 5. The Hall–Kier alpha value is -3.65. The highest BCUT2D eigenvalue weighted by molar-refractivity contribution is 5.97. The van der Waals surface area contributed by atoms with Gasteiger partial charge in [-0.1, -0.05) is 36.4 Å². The van der Waals surface area contributed by atoms with Crippen molar-refractivity contribution in [3.63, 3.8) is 0 Å². The van der Waals surface area contributed by atoms with E-state index in [1.807, 2.05) is 56.3 Å². The minimum Gasteiger partial charge on any atom is -0.489 e. The van der Waals surface area contributed by atoms with Gasteiger partial charge < -0.3 is 20.3 Å². The largest absolute Gasteiger partial charge is 0.489 e. The van der Waals surface area contributed by atoms with E-state index in [4.69, 9.17) is 4.74 Å². The molecule has 0 bridgehead atoms. The van der Waals surface area contributed by atoms with E-state index in [1.165, 1.54) is 0 Å². The van der Waals surface area contributed by atoms with Gasteiger partial charge in [0.05, 0.1) is 17.5 Å². The summed E-state index contributed by atoms with van der Waals surface area (Å²) in [5.74, 6) is 0.281. The minimum absolute atomic E-state index is 0.0294. The molecule has 1 atom stereocenters. The van der Waals surface area contributed by atoms with E-state index in [0.29, 0.717) is 50.5 Å². The Morgan fingerprint density at radius 2 is 1.89 bits per heavy atom. The average molecular weight is 519 g/mol. The molecule has 0 aromatic heterocycles. The monoisotopic (exact) mass is 518 g/mol. The van der Waals surface area contributed by atoms with Gasteiger partial charge in [-0.2, -0.15) is 0 Å². The molecule has 38 heavy (non-hydrogen) atoms. The molecule has 2 aromatic carbocycles. The van der Waals surface area contributed by atoms with Crippen LogP contribution in [-0.4, -0.2) is 68.5 Å². The summed E-state index contributed by atoms with van der Waals surface area (Å²) < 4.78 is 5.86. The van der Waals surface area contributed by atoms with Gasteiger partial charge in [0.15, 0.2) is 0 Å². The van der Waals surface area contributed by atoms with E-state index in [0.717, 1.165) is 30.6 Å². The lowest BCUT2D eigenvalue weighted by atomic mass is 9.76. The molecule has 1 unspecified atom stereocenters. The zero-order valence-corrected chi connectivity index (χ0v) is 22.4. The summed E-state index contributed by atoms with van der Waals surface area (Å²) >= 11 is 0. The van der Waals surface area contributed by atoms with Crippen molar-refractivity contribution in [1.29, 1.82) is 0 Å². The van der Waals surface area contributed by atoms with Gasteiger partial charge in [0.1, 0.15) is 12.4 Å². The quantitative estimate of drug-likeness (QED) is 0.606. The molecule has 8 heteroatoms. The van der Waals surface area contributed by atoms with Crippen molar-refractivity contribution in [3.05, 3.63) is 71.8 Å². The predicted molar refractivity (Wildman–Crippen MR) is 148 cm³/mol. The summed E-state index contributed by atoms with van der Waals surface area (Å²) in [6.45, 7) is 7.05. The molecule has 2 aromatic rings. The smallest absolute Gasteiger partial charge is 0.255 e. The molecule has 2 aliphatic heterocycles. The first-order valence-corrected chi connectivity index (χ1v) is 13.4. The van der Waals surface area contributed by atoms with Crippen molar-refractivity contribution in [2.45, 2.75) is 33.1 Å². The van der Waals surface area contributed by atoms with Crippen molar-refractivity contribution >= 4 is 23.4 Å². The maximum absolute atomic E-state index is 13.5. The number of ether oxygens (including phenoxy) is 1. The van der Waals surface area contributed by atoms with Crippen LogP contribution in [0.5, 0.6) is 5.75 Å². The number of fused-ring (bicyclic) bond motifs is 1. The lowest BCUT2D eigenvalue weighted by Crippen LogP contribution is -2.54. The minimum atomic E-state index is -0.651. The first-order chi connectivity index (χ1) is 18.4. The van der Waals surface area contributed by atoms with Gasteiger partial charge in [0.25, 0.3) is 5.91 Å². The molecule has 4 rings (SSSR count). The van der Waals surface area contributed by atoms with Gasteiger partial charge in [0, 0.05) is 31.9 Å². The summed E-state index contributed by atoms with van der Waals surface area (Å²) in [6, 6.07) is 15.1. The third-order valence-corrected chi connectivity index (χ3v) is 7.27. The number of carbonyl (C=O) groups is 3. The van der Waals surface area contributed by atoms with E-state index in [-0.39, 0.29) is 24.3 Å². The number of allylic oxidation sites excluding steroid dienone is 1. The number of carbonyl (C=O) groups excluding carboxylic acids is 3. The lowest BCUT2D eigenvalue weighted by Gasteiger charge is -2.41. The predicted octanol–water partition coefficient (Wildman–Crippen LogP) is 3.32. The number of rotatable bonds is 4. The number of anilines is 1. The fourth-order valence-electron chi connectivity index (χ4n) is 5.31. The number of likely N-dealkylation sites (N-methyl/N-ethyl adjacent to an activating group) is 1. The van der Waals surface area contributed by atoms with Crippen LogP contribution in [0.15, 0.2) is 60.7 Å². The van der Waals surface area contributed by atoms with Crippen LogP contribution < -0.4 is 20.3 Å². The van der Waals surface area contributed by atoms with Crippen molar-refractivity contribution in [2.24, 2.45) is 5.41 Å². The van der Waals surface area contributed by atoms with Gasteiger partial charge >= 0.3 is 0 Å². The summed E-state index contributed by atoms with van der Waals surface area (Å²) in [4.78, 5) is 43.4. The highest BCUT2D eigenvalue weighted by Crippen LogP contribution is 2.35. The highest BCUT2D eigenvalue weighted by atomic mass is 16.5. The van der Waals surface area contributed by atoms with Crippen molar-refractivity contribution < 1.29 is 19.1 Å². The summed E-state index contributed by atoms with van der Waals surface area (Å²) in [7, 11) is 0. The Morgan fingerprint density at radius 3 is 2.71 bits per heavy atom. The summed E-state index contributed by atoms with van der Waals surface area (Å²) in [5, 5.41) is 5.91. The Bertz CT molecular complexity index is 1180. The second-order valence-electron chi connectivity index (χ2n) is 10.1. The Labute approximate surface area is 225 Å². The van der Waals surface area contributed by atoms with Crippen LogP contribution in [0.2, 0.25) is 0 Å². The first kappa shape index (κ1) is 27.4. The molecule has 1 saturated heterocycles. The summed E-state index contributed by atoms with van der Waals surface area (Å²) in [5.41, 5.74) is 1.82. The standard InChI is InChI=1S/C30H38N4O4/c1-3-34(24-11-8-10-23(2)20-24)27(35)21-33-18-9-15-30(22-33)14-6-7-19-38-26-13-5-4-12-25(26)28(36)31-16-17-32-29(30)37/h4-8,10-13,20H,3,9,14-19,21-22H2,1-2H3,(H,31,36)(H,32,37)/b7-6-. The van der Waals surface area contributed by atoms with Crippen molar-refractivity contribution in [1.82, 2.24) is 15.5 Å². The molecule has 0 saturated carbocycles. The van der Waals surface area contributed by atoms with Gasteiger partial charge in [-0.15, -0.1) is 0 Å². The number of nitrogens with zero attached hydrogens (tertiary/aromatic N) is 2. The van der Waals surface area contributed by atoms with Crippen LogP contribution in [0.4, 0.5) is 5.69 Å². The normalized spacial score (nSPS) is 21.8. The molecular weight excluding hydrogens is 480 g/mol. The zero-order chi connectivity index (χ0) is 27.0. The number of amides is 3. The SMILES string of the molecule is CCN(C(=O)CN1CCCC2(C/C=C\COc3ccccc3C(=O)NCCNC2=O)C1)c1cccc(C)c1. The average Bonchev–Trinajstić information content (AvgIpc) is 2.91. The Morgan fingerprint density at radius 1 is 1.08 bits per heavy atom. The van der Waals surface area contributed by atoms with Crippen LogP contribution in [0.25, 0.3) is 0 Å². The first-order valence-electron chi connectivity index (χ1n) is 13.4. The van der Waals surface area contributed by atoms with Crippen molar-refractivity contribution in [3.8, 4) is 5.75 Å². The molecule has 3 amide bonds. The molecular formula is C30H38N4O4. The molecule has 8 nitrogen and oxygen atoms in total. The fourth-order valence-corrected chi connectivity index (χ4v) is 5.31. The molecule has 2 heterocycles. The zero-order valence-electron chi connectivity index (χ0n) is 22.4. The maximum Gasteiger partial charge on any atom is 0.255 e. The molecule has 2 N–H and O–H groups in total. The van der Waals surface area contributed by atoms with Gasteiger partial charge in [-0.3, -0.25) is 19.3 Å². The number of aryl methyl sites for hydroxylation is 1. The van der Waals surface area contributed by atoms with Crippen LogP contribution in [0.1, 0.15) is 42.1 Å². The van der Waals surface area contributed by atoms with Gasteiger partial charge in [-0.05, 0) is 69.5 Å². The van der Waals surface area contributed by atoms with Crippen LogP contribution in [0.3, 0.4) is 0 Å². The fraction of sp³-hybridized carbons (Fsp3) is 0.433. The second kappa shape index (κ2) is 12.7.